The molecule has 0 radical (unpaired) electrons. The number of esters is 2. The van der Waals surface area contributed by atoms with Crippen molar-refractivity contribution in [1.82, 2.24) is 0 Å². The standard InChI is InChI=1S/C14H19F3O6/c1-8(2)10(19)20-7-9(18)21-14(13(15,16)17)22-11(3,4)12(5,6)23-14/h1,7H2,2-6H3. The summed E-state index contributed by atoms with van der Waals surface area (Å²) >= 11 is 0. The van der Waals surface area contributed by atoms with Crippen LogP contribution in [0.15, 0.2) is 12.2 Å². The van der Waals surface area contributed by atoms with Crippen LogP contribution in [0.5, 0.6) is 0 Å². The molecule has 1 rings (SSSR count). The summed E-state index contributed by atoms with van der Waals surface area (Å²) < 4.78 is 58.6. The fraction of sp³-hybridized carbons (Fsp3) is 0.714. The highest BCUT2D eigenvalue weighted by atomic mass is 19.4. The molecule has 23 heavy (non-hydrogen) atoms. The number of hydrogen-bond donors (Lipinski definition) is 0. The highest BCUT2D eigenvalue weighted by Crippen LogP contribution is 2.51. The Hall–Kier alpha value is -1.61. The van der Waals surface area contributed by atoms with Crippen molar-refractivity contribution < 1.29 is 41.7 Å². The zero-order valence-corrected chi connectivity index (χ0v) is 13.5. The summed E-state index contributed by atoms with van der Waals surface area (Å²) in [4.78, 5) is 22.8. The van der Waals surface area contributed by atoms with E-state index in [0.717, 1.165) is 0 Å². The second-order valence-corrected chi connectivity index (χ2v) is 6.11. The van der Waals surface area contributed by atoms with Crippen LogP contribution in [0.1, 0.15) is 34.6 Å². The molecule has 1 aliphatic heterocycles. The molecule has 132 valence electrons. The molecule has 0 bridgehead atoms. The Bertz CT molecular complexity index is 505. The predicted octanol–water partition coefficient (Wildman–Crippen LogP) is 2.47. The van der Waals surface area contributed by atoms with Gasteiger partial charge in [0, 0.05) is 5.57 Å². The van der Waals surface area contributed by atoms with Crippen molar-refractivity contribution in [2.45, 2.75) is 58.0 Å². The first-order valence-corrected chi connectivity index (χ1v) is 6.65. The van der Waals surface area contributed by atoms with Crippen LogP contribution in [-0.4, -0.2) is 41.9 Å². The van der Waals surface area contributed by atoms with Crippen LogP contribution in [0.25, 0.3) is 0 Å². The summed E-state index contributed by atoms with van der Waals surface area (Å²) in [5.74, 6) is -5.96. The maximum atomic E-state index is 13.3. The average Bonchev–Trinajstić information content (AvgIpc) is 2.51. The fourth-order valence-electron chi connectivity index (χ4n) is 1.58. The third-order valence-corrected chi connectivity index (χ3v) is 3.49. The van der Waals surface area contributed by atoms with Crippen molar-refractivity contribution >= 4 is 11.9 Å². The van der Waals surface area contributed by atoms with E-state index in [9.17, 15) is 22.8 Å². The van der Waals surface area contributed by atoms with Crippen LogP contribution in [0.3, 0.4) is 0 Å². The normalized spacial score (nSPS) is 21.6. The second kappa shape index (κ2) is 5.79. The molecule has 0 aromatic rings. The third kappa shape index (κ3) is 3.84. The average molecular weight is 340 g/mol. The van der Waals surface area contributed by atoms with Crippen molar-refractivity contribution in [1.29, 1.82) is 0 Å². The molecule has 1 saturated heterocycles. The molecule has 9 heteroatoms. The van der Waals surface area contributed by atoms with Gasteiger partial charge in [0.25, 0.3) is 0 Å². The number of carbonyl (C=O) groups excluding carboxylic acids is 2. The molecule has 0 saturated carbocycles. The summed E-state index contributed by atoms with van der Waals surface area (Å²) in [5, 5.41) is 0. The first-order valence-electron chi connectivity index (χ1n) is 6.65. The minimum Gasteiger partial charge on any atom is -0.450 e. The van der Waals surface area contributed by atoms with E-state index >= 15 is 0 Å². The Morgan fingerprint density at radius 1 is 1.09 bits per heavy atom. The molecular weight excluding hydrogens is 321 g/mol. The minimum atomic E-state index is -5.15. The second-order valence-electron chi connectivity index (χ2n) is 6.11. The van der Waals surface area contributed by atoms with Gasteiger partial charge in [-0.05, 0) is 34.6 Å². The van der Waals surface area contributed by atoms with Crippen LogP contribution in [0, 0.1) is 0 Å². The van der Waals surface area contributed by atoms with E-state index in [1.165, 1.54) is 34.6 Å². The quantitative estimate of drug-likeness (QED) is 0.578. The number of hydrogen-bond acceptors (Lipinski definition) is 6. The Labute approximate surface area is 131 Å². The molecule has 0 aromatic carbocycles. The van der Waals surface area contributed by atoms with E-state index in [-0.39, 0.29) is 5.57 Å². The molecule has 1 heterocycles. The molecule has 0 spiro atoms. The maximum Gasteiger partial charge on any atom is 0.486 e. The number of alkyl halides is 3. The Balaban J connectivity index is 2.93. The van der Waals surface area contributed by atoms with Gasteiger partial charge >= 0.3 is 24.1 Å². The van der Waals surface area contributed by atoms with E-state index in [2.05, 4.69) is 16.1 Å². The van der Waals surface area contributed by atoms with Gasteiger partial charge in [-0.15, -0.1) is 0 Å². The topological polar surface area (TPSA) is 71.1 Å². The summed E-state index contributed by atoms with van der Waals surface area (Å²) in [6.07, 6.45) is -5.15. The van der Waals surface area contributed by atoms with E-state index < -0.39 is 41.9 Å². The van der Waals surface area contributed by atoms with Gasteiger partial charge < -0.3 is 18.9 Å². The van der Waals surface area contributed by atoms with Crippen molar-refractivity contribution in [3.8, 4) is 0 Å². The number of ether oxygens (including phenoxy) is 4. The molecule has 0 N–H and O–H groups in total. The van der Waals surface area contributed by atoms with Crippen LogP contribution >= 0.6 is 0 Å². The Morgan fingerprint density at radius 3 is 1.87 bits per heavy atom. The lowest BCUT2D eigenvalue weighted by Crippen LogP contribution is -2.52. The van der Waals surface area contributed by atoms with Crippen molar-refractivity contribution in [2.24, 2.45) is 0 Å². The predicted molar refractivity (Wildman–Crippen MR) is 71.0 cm³/mol. The zero-order valence-electron chi connectivity index (χ0n) is 13.5. The van der Waals surface area contributed by atoms with Gasteiger partial charge in [0.2, 0.25) is 0 Å². The number of carbonyl (C=O) groups is 2. The van der Waals surface area contributed by atoms with Crippen molar-refractivity contribution in [3.05, 3.63) is 12.2 Å². The molecule has 1 fully saturated rings. The Morgan fingerprint density at radius 2 is 1.52 bits per heavy atom. The minimum absolute atomic E-state index is 0.0148. The highest BCUT2D eigenvalue weighted by Gasteiger charge is 2.73. The first kappa shape index (κ1) is 19.4. The van der Waals surface area contributed by atoms with E-state index in [1.807, 2.05) is 0 Å². The summed E-state index contributed by atoms with van der Waals surface area (Å²) in [5.41, 5.74) is -2.80. The van der Waals surface area contributed by atoms with Gasteiger partial charge in [-0.2, -0.15) is 13.2 Å². The van der Waals surface area contributed by atoms with Gasteiger partial charge in [-0.3, -0.25) is 0 Å². The van der Waals surface area contributed by atoms with Crippen LogP contribution in [0.4, 0.5) is 13.2 Å². The van der Waals surface area contributed by atoms with E-state index in [0.29, 0.717) is 0 Å². The van der Waals surface area contributed by atoms with Gasteiger partial charge in [0.1, 0.15) is 0 Å². The molecule has 0 unspecified atom stereocenters. The fourth-order valence-corrected chi connectivity index (χ4v) is 1.58. The number of rotatable bonds is 4. The molecular formula is C14H19F3O6. The monoisotopic (exact) mass is 340 g/mol. The van der Waals surface area contributed by atoms with Gasteiger partial charge in [-0.1, -0.05) is 6.58 Å². The van der Waals surface area contributed by atoms with Crippen LogP contribution in [0.2, 0.25) is 0 Å². The summed E-state index contributed by atoms with van der Waals surface area (Å²) in [6, 6.07) is 0. The van der Waals surface area contributed by atoms with E-state index in [4.69, 9.17) is 9.47 Å². The lowest BCUT2D eigenvalue weighted by Gasteiger charge is -2.29. The van der Waals surface area contributed by atoms with Crippen LogP contribution in [-0.2, 0) is 28.5 Å². The molecule has 0 aromatic heterocycles. The lowest BCUT2D eigenvalue weighted by atomic mass is 9.90. The Kier molecular flexibility index (Phi) is 4.89. The smallest absolute Gasteiger partial charge is 0.450 e. The first-order chi connectivity index (χ1) is 10.1. The van der Waals surface area contributed by atoms with Crippen LogP contribution < -0.4 is 0 Å². The summed E-state index contributed by atoms with van der Waals surface area (Å²) in [6.45, 7) is 9.04. The largest absolute Gasteiger partial charge is 0.486 e. The van der Waals surface area contributed by atoms with Gasteiger partial charge in [0.15, 0.2) is 6.61 Å². The zero-order chi connectivity index (χ0) is 18.3. The van der Waals surface area contributed by atoms with Gasteiger partial charge in [-0.25, -0.2) is 9.59 Å². The molecule has 0 amide bonds. The van der Waals surface area contributed by atoms with Crippen molar-refractivity contribution in [2.75, 3.05) is 6.61 Å². The summed E-state index contributed by atoms with van der Waals surface area (Å²) in [7, 11) is 0. The SMILES string of the molecule is C=C(C)C(=O)OCC(=O)OC1(C(F)(F)F)OC(C)(C)C(C)(C)O1. The van der Waals surface area contributed by atoms with Crippen molar-refractivity contribution in [3.63, 3.8) is 0 Å². The molecule has 6 nitrogen and oxygen atoms in total. The molecule has 0 atom stereocenters. The van der Waals surface area contributed by atoms with Gasteiger partial charge in [0.05, 0.1) is 11.2 Å². The number of halogens is 3. The lowest BCUT2D eigenvalue weighted by molar-refractivity contribution is -0.448. The highest BCUT2D eigenvalue weighted by molar-refractivity contribution is 5.88. The van der Waals surface area contributed by atoms with E-state index in [1.54, 1.807) is 0 Å². The maximum absolute atomic E-state index is 13.3. The molecule has 1 aliphatic rings. The third-order valence-electron chi connectivity index (χ3n) is 3.49. The molecule has 0 aliphatic carbocycles.